The highest BCUT2D eigenvalue weighted by atomic mass is 16.5. The van der Waals surface area contributed by atoms with E-state index in [2.05, 4.69) is 76.0 Å². The van der Waals surface area contributed by atoms with Crippen LogP contribution in [-0.4, -0.2) is 79.3 Å². The first-order valence-electron chi connectivity index (χ1n) is 13.9. The van der Waals surface area contributed by atoms with Gasteiger partial charge in [-0.2, -0.15) is 14.6 Å². The number of aliphatic hydroxyl groups is 1. The van der Waals surface area contributed by atoms with Crippen molar-refractivity contribution in [1.82, 2.24) is 39.6 Å². The van der Waals surface area contributed by atoms with Crippen LogP contribution >= 0.6 is 0 Å². The van der Waals surface area contributed by atoms with Crippen molar-refractivity contribution in [2.24, 2.45) is 0 Å². The quantitative estimate of drug-likeness (QED) is 0.160. The zero-order chi connectivity index (χ0) is 30.0. The SMILES string of the molecule is C=COCCC.CC=CC/C(=C\C)N1CCNCC1.CCn1ncc2c1nc(N)n1nc(-c3ccco3)nc21.CO. The average molecular weight is 568 g/mol. The van der Waals surface area contributed by atoms with Crippen molar-refractivity contribution >= 4 is 22.6 Å². The molecule has 0 radical (unpaired) electrons. The number of rotatable bonds is 8. The van der Waals surface area contributed by atoms with Crippen LogP contribution in [0.5, 0.6) is 0 Å². The standard InChI is InChI=1S/C12H11N7O.C11H20N2.C5H10O.CH4O/c1-2-18-10-7(6-14-18)11-15-9(8-4-3-5-20-8)17-19(11)12(13)16-10;1-3-5-6-11(4-2)13-9-7-12-8-10-13;1-3-5-6-4-2;1-2/h3-6H,2H2,1H3,(H2,13,16);3-5,12H,6-10H2,1-2H3;4H,2-3,5H2,1H3;2H,1H3/b;5-3?,11-4+;;. The van der Waals surface area contributed by atoms with E-state index >= 15 is 0 Å². The summed E-state index contributed by atoms with van der Waals surface area (Å²) in [4.78, 5) is 11.3. The first kappa shape index (κ1) is 33.0. The van der Waals surface area contributed by atoms with Gasteiger partial charge in [0.05, 0.1) is 30.7 Å². The molecule has 0 saturated carbocycles. The molecule has 12 heteroatoms. The predicted octanol–water partition coefficient (Wildman–Crippen LogP) is 4.26. The Morgan fingerprint density at radius 1 is 1.20 bits per heavy atom. The van der Waals surface area contributed by atoms with Gasteiger partial charge in [0, 0.05) is 52.0 Å². The number of allylic oxidation sites excluding steroid dienone is 3. The highest BCUT2D eigenvalue weighted by molar-refractivity contribution is 5.90. The van der Waals surface area contributed by atoms with Gasteiger partial charge in [-0.3, -0.25) is 0 Å². The molecule has 224 valence electrons. The van der Waals surface area contributed by atoms with Crippen LogP contribution in [0.25, 0.3) is 28.3 Å². The molecule has 4 N–H and O–H groups in total. The lowest BCUT2D eigenvalue weighted by Gasteiger charge is -2.31. The minimum absolute atomic E-state index is 0.271. The van der Waals surface area contributed by atoms with Crippen LogP contribution in [0.4, 0.5) is 5.95 Å². The molecule has 41 heavy (non-hydrogen) atoms. The van der Waals surface area contributed by atoms with E-state index in [-0.39, 0.29) is 5.95 Å². The van der Waals surface area contributed by atoms with Crippen molar-refractivity contribution in [3.63, 3.8) is 0 Å². The fraction of sp³-hybridized carbons (Fsp3) is 0.448. The molecule has 1 fully saturated rings. The number of nitrogen functional groups attached to an aromatic ring is 1. The molecule has 0 atom stereocenters. The van der Waals surface area contributed by atoms with Crippen molar-refractivity contribution in [2.75, 3.05) is 45.6 Å². The first-order chi connectivity index (χ1) is 20.1. The number of nitrogens with two attached hydrogens (primary N) is 1. The van der Waals surface area contributed by atoms with E-state index < -0.39 is 0 Å². The average Bonchev–Trinajstić information content (AvgIpc) is 3.79. The second kappa shape index (κ2) is 18.2. The smallest absolute Gasteiger partial charge is 0.225 e. The van der Waals surface area contributed by atoms with Crippen molar-refractivity contribution in [3.05, 3.63) is 61.4 Å². The fourth-order valence-electron chi connectivity index (χ4n) is 4.02. The largest absolute Gasteiger partial charge is 0.502 e. The molecule has 1 aliphatic rings. The zero-order valence-corrected chi connectivity index (χ0v) is 25.0. The van der Waals surface area contributed by atoms with Gasteiger partial charge in [-0.05, 0) is 39.3 Å². The van der Waals surface area contributed by atoms with Gasteiger partial charge in [-0.15, -0.1) is 5.10 Å². The van der Waals surface area contributed by atoms with Crippen molar-refractivity contribution in [1.29, 1.82) is 0 Å². The summed E-state index contributed by atoms with van der Waals surface area (Å²) < 4.78 is 13.3. The van der Waals surface area contributed by atoms with E-state index in [4.69, 9.17) is 20.0 Å². The minimum Gasteiger partial charge on any atom is -0.502 e. The number of anilines is 1. The Morgan fingerprint density at radius 2 is 1.95 bits per heavy atom. The monoisotopic (exact) mass is 567 g/mol. The third-order valence-electron chi connectivity index (χ3n) is 6.00. The maximum atomic E-state index is 7.00. The number of fused-ring (bicyclic) bond motifs is 3. The van der Waals surface area contributed by atoms with Crippen LogP contribution in [0.3, 0.4) is 0 Å². The van der Waals surface area contributed by atoms with Crippen molar-refractivity contribution in [2.45, 2.75) is 47.1 Å². The van der Waals surface area contributed by atoms with Gasteiger partial charge in [0.2, 0.25) is 11.8 Å². The zero-order valence-electron chi connectivity index (χ0n) is 25.0. The lowest BCUT2D eigenvalue weighted by molar-refractivity contribution is 0.251. The van der Waals surface area contributed by atoms with Crippen molar-refractivity contribution < 1.29 is 14.3 Å². The van der Waals surface area contributed by atoms with Crippen molar-refractivity contribution in [3.8, 4) is 11.6 Å². The highest BCUT2D eigenvalue weighted by Crippen LogP contribution is 2.23. The summed E-state index contributed by atoms with van der Waals surface area (Å²) in [5.74, 6) is 1.33. The summed E-state index contributed by atoms with van der Waals surface area (Å²) in [5.41, 5.74) is 8.74. The normalized spacial score (nSPS) is 13.2. The molecular weight excluding hydrogens is 522 g/mol. The molecule has 4 aromatic rings. The van der Waals surface area contributed by atoms with Gasteiger partial charge in [-0.25, -0.2) is 9.67 Å². The van der Waals surface area contributed by atoms with Crippen LogP contribution in [0.15, 0.2) is 65.8 Å². The predicted molar refractivity (Wildman–Crippen MR) is 164 cm³/mol. The van der Waals surface area contributed by atoms with Crippen LogP contribution in [0.2, 0.25) is 0 Å². The van der Waals surface area contributed by atoms with E-state index in [1.54, 1.807) is 29.3 Å². The summed E-state index contributed by atoms with van der Waals surface area (Å²) in [7, 11) is 1.00. The summed E-state index contributed by atoms with van der Waals surface area (Å²) in [6.45, 7) is 17.7. The Kier molecular flexibility index (Phi) is 14.7. The maximum Gasteiger partial charge on any atom is 0.225 e. The third kappa shape index (κ3) is 9.19. The number of aromatic nitrogens is 6. The number of aryl methyl sites for hydroxylation is 1. The van der Waals surface area contributed by atoms with Gasteiger partial charge >= 0.3 is 0 Å². The molecule has 1 aliphatic heterocycles. The number of piperazine rings is 1. The first-order valence-corrected chi connectivity index (χ1v) is 13.9. The van der Waals surface area contributed by atoms with Crippen LogP contribution in [-0.2, 0) is 11.3 Å². The number of nitrogens with one attached hydrogen (secondary N) is 1. The van der Waals surface area contributed by atoms with E-state index in [1.165, 1.54) is 16.5 Å². The van der Waals surface area contributed by atoms with Gasteiger partial charge in [-0.1, -0.05) is 31.7 Å². The molecule has 0 aromatic carbocycles. The highest BCUT2D eigenvalue weighted by Gasteiger charge is 2.17. The maximum absolute atomic E-state index is 7.00. The van der Waals surface area contributed by atoms with E-state index in [0.717, 1.165) is 58.1 Å². The van der Waals surface area contributed by atoms with Crippen LogP contribution < -0.4 is 11.1 Å². The molecule has 0 aliphatic carbocycles. The van der Waals surface area contributed by atoms with Crippen LogP contribution in [0.1, 0.15) is 40.5 Å². The van der Waals surface area contributed by atoms with Gasteiger partial charge < -0.3 is 30.2 Å². The fourth-order valence-corrected chi connectivity index (χ4v) is 4.02. The topological polar surface area (TPSA) is 145 Å². The molecule has 5 rings (SSSR count). The molecule has 12 nitrogen and oxygen atoms in total. The van der Waals surface area contributed by atoms with Crippen LogP contribution in [0, 0.1) is 0 Å². The Morgan fingerprint density at radius 3 is 2.51 bits per heavy atom. The number of aliphatic hydroxyl groups excluding tert-OH is 1. The Bertz CT molecular complexity index is 1350. The van der Waals surface area contributed by atoms with Gasteiger partial charge in [0.1, 0.15) is 0 Å². The lowest BCUT2D eigenvalue weighted by Crippen LogP contribution is -2.42. The summed E-state index contributed by atoms with van der Waals surface area (Å²) in [6.07, 6.45) is 13.5. The van der Waals surface area contributed by atoms with E-state index in [9.17, 15) is 0 Å². The number of furan rings is 1. The molecule has 1 saturated heterocycles. The molecule has 4 aromatic heterocycles. The molecule has 0 unspecified atom stereocenters. The second-order valence-electron chi connectivity index (χ2n) is 8.64. The molecule has 5 heterocycles. The Labute approximate surface area is 242 Å². The van der Waals surface area contributed by atoms with E-state index in [0.29, 0.717) is 29.4 Å². The molecular formula is C29H45N9O3. The number of hydrogen-bond donors (Lipinski definition) is 3. The third-order valence-corrected chi connectivity index (χ3v) is 6.00. The van der Waals surface area contributed by atoms with Gasteiger partial charge in [0.15, 0.2) is 17.1 Å². The minimum atomic E-state index is 0.271. The number of nitrogens with zero attached hydrogens (tertiary/aromatic N) is 7. The summed E-state index contributed by atoms with van der Waals surface area (Å²) in [5, 5.41) is 19.8. The summed E-state index contributed by atoms with van der Waals surface area (Å²) in [6, 6.07) is 3.58. The Hall–Kier alpha value is -4.16. The lowest BCUT2D eigenvalue weighted by atomic mass is 10.2. The number of ether oxygens (including phenoxy) is 1. The molecule has 0 bridgehead atoms. The Balaban J connectivity index is 0.000000242. The van der Waals surface area contributed by atoms with Gasteiger partial charge in [0.25, 0.3) is 0 Å². The van der Waals surface area contributed by atoms with E-state index in [1.807, 2.05) is 6.92 Å². The molecule has 0 amide bonds. The number of hydrogen-bond acceptors (Lipinski definition) is 10. The summed E-state index contributed by atoms with van der Waals surface area (Å²) >= 11 is 0. The second-order valence-corrected chi connectivity index (χ2v) is 8.64. The molecule has 0 spiro atoms.